The number of carbonyl (C=O) groups is 2. The zero-order chi connectivity index (χ0) is 15.8. The third-order valence-corrected chi connectivity index (χ3v) is 3.89. The highest BCUT2D eigenvalue weighted by Gasteiger charge is 2.21. The zero-order valence-electron chi connectivity index (χ0n) is 12.9. The van der Waals surface area contributed by atoms with Gasteiger partial charge < -0.3 is 10.1 Å². The van der Waals surface area contributed by atoms with Crippen molar-refractivity contribution in [2.45, 2.75) is 24.8 Å². The summed E-state index contributed by atoms with van der Waals surface area (Å²) in [4.78, 5) is 26.4. The highest BCUT2D eigenvalue weighted by atomic mass is 32.2. The first kappa shape index (κ1) is 17.5. The molecule has 0 heterocycles. The van der Waals surface area contributed by atoms with E-state index in [0.717, 1.165) is 10.6 Å². The van der Waals surface area contributed by atoms with Crippen molar-refractivity contribution < 1.29 is 14.3 Å². The van der Waals surface area contributed by atoms with Crippen LogP contribution in [0.5, 0.6) is 0 Å². The van der Waals surface area contributed by atoms with Gasteiger partial charge in [0.25, 0.3) is 0 Å². The first-order valence-corrected chi connectivity index (χ1v) is 8.01. The minimum atomic E-state index is -0.427. The Morgan fingerprint density at radius 3 is 2.67 bits per heavy atom. The second kappa shape index (κ2) is 8.69. The Morgan fingerprint density at radius 2 is 2.05 bits per heavy atom. The molecule has 0 aliphatic heterocycles. The first-order valence-electron chi connectivity index (χ1n) is 6.79. The number of benzene rings is 1. The van der Waals surface area contributed by atoms with Gasteiger partial charge in [-0.2, -0.15) is 0 Å². The van der Waals surface area contributed by atoms with Crippen LogP contribution in [0.2, 0.25) is 0 Å². The summed E-state index contributed by atoms with van der Waals surface area (Å²) in [5.41, 5.74) is 0.784. The lowest BCUT2D eigenvalue weighted by atomic mass is 10.2. The summed E-state index contributed by atoms with van der Waals surface area (Å²) in [6, 6.07) is 7.19. The normalized spacial score (nSPS) is 12.0. The van der Waals surface area contributed by atoms with Gasteiger partial charge in [0.1, 0.15) is 0 Å². The highest BCUT2D eigenvalue weighted by Crippen LogP contribution is 2.24. The van der Waals surface area contributed by atoms with Gasteiger partial charge in [-0.25, -0.2) is 0 Å². The lowest BCUT2D eigenvalue weighted by molar-refractivity contribution is -0.144. The van der Waals surface area contributed by atoms with Crippen molar-refractivity contribution in [1.82, 2.24) is 4.90 Å². The molecule has 116 valence electrons. The smallest absolute Gasteiger partial charge is 0.320 e. The van der Waals surface area contributed by atoms with Crippen LogP contribution in [0.15, 0.2) is 29.2 Å². The van der Waals surface area contributed by atoms with Crippen molar-refractivity contribution in [2.24, 2.45) is 0 Å². The fourth-order valence-corrected chi connectivity index (χ4v) is 2.29. The average Bonchev–Trinajstić information content (AvgIpc) is 2.47. The van der Waals surface area contributed by atoms with Crippen LogP contribution in [0.4, 0.5) is 5.69 Å². The molecule has 1 rings (SSSR count). The molecule has 1 aromatic rings. The summed E-state index contributed by atoms with van der Waals surface area (Å²) in [5.74, 6) is -0.479. The molecule has 0 aliphatic rings. The summed E-state index contributed by atoms with van der Waals surface area (Å²) in [6.07, 6.45) is 1.96. The Bertz CT molecular complexity index is 494. The molecule has 1 atom stereocenters. The van der Waals surface area contributed by atoms with E-state index < -0.39 is 6.04 Å². The van der Waals surface area contributed by atoms with Crippen LogP contribution < -0.4 is 5.32 Å². The molecule has 6 heteroatoms. The molecule has 0 aliphatic carbocycles. The Kier molecular flexibility index (Phi) is 7.25. The number of esters is 1. The Labute approximate surface area is 130 Å². The van der Waals surface area contributed by atoms with Gasteiger partial charge in [-0.05, 0) is 39.3 Å². The van der Waals surface area contributed by atoms with Gasteiger partial charge in [0.15, 0.2) is 0 Å². The maximum absolute atomic E-state index is 12.2. The number of anilines is 1. The quantitative estimate of drug-likeness (QED) is 0.618. The molecule has 1 amide bonds. The van der Waals surface area contributed by atoms with E-state index in [0.29, 0.717) is 6.61 Å². The number of thioether (sulfide) groups is 1. The van der Waals surface area contributed by atoms with E-state index >= 15 is 0 Å². The minimum Gasteiger partial charge on any atom is -0.465 e. The predicted molar refractivity (Wildman–Crippen MR) is 85.6 cm³/mol. The van der Waals surface area contributed by atoms with Crippen molar-refractivity contribution in [3.05, 3.63) is 24.3 Å². The zero-order valence-corrected chi connectivity index (χ0v) is 13.7. The number of nitrogens with zero attached hydrogens (tertiary/aromatic N) is 1. The molecule has 21 heavy (non-hydrogen) atoms. The standard InChI is InChI=1S/C15H22N2O3S/c1-5-20-14(18)10-17(3)11(2)15(19)16-12-8-6-7-9-13(12)21-4/h6-9,11H,5,10H2,1-4H3,(H,16,19). The highest BCUT2D eigenvalue weighted by molar-refractivity contribution is 7.98. The molecule has 0 spiro atoms. The third kappa shape index (κ3) is 5.40. The first-order chi connectivity index (χ1) is 9.99. The van der Waals surface area contributed by atoms with Crippen LogP contribution >= 0.6 is 11.8 Å². The van der Waals surface area contributed by atoms with E-state index in [2.05, 4.69) is 5.32 Å². The van der Waals surface area contributed by atoms with Crippen LogP contribution in [0.25, 0.3) is 0 Å². The maximum atomic E-state index is 12.2. The molecule has 1 N–H and O–H groups in total. The van der Waals surface area contributed by atoms with Crippen LogP contribution in [-0.4, -0.2) is 49.3 Å². The number of likely N-dealkylation sites (N-methyl/N-ethyl adjacent to an activating group) is 1. The summed E-state index contributed by atoms with van der Waals surface area (Å²) in [7, 11) is 1.72. The Balaban J connectivity index is 2.63. The number of para-hydroxylation sites is 1. The molecular formula is C15H22N2O3S. The van der Waals surface area contributed by atoms with Crippen LogP contribution in [-0.2, 0) is 14.3 Å². The molecule has 0 aromatic heterocycles. The van der Waals surface area contributed by atoms with Gasteiger partial charge in [0, 0.05) is 4.90 Å². The second-order valence-corrected chi connectivity index (χ2v) is 5.43. The van der Waals surface area contributed by atoms with Gasteiger partial charge >= 0.3 is 5.97 Å². The van der Waals surface area contributed by atoms with E-state index in [4.69, 9.17) is 4.74 Å². The number of amides is 1. The van der Waals surface area contributed by atoms with Gasteiger partial charge in [0.05, 0.1) is 24.9 Å². The van der Waals surface area contributed by atoms with Gasteiger partial charge in [-0.1, -0.05) is 12.1 Å². The van der Waals surface area contributed by atoms with E-state index in [1.54, 1.807) is 37.6 Å². The molecule has 1 aromatic carbocycles. The number of carbonyl (C=O) groups excluding carboxylic acids is 2. The average molecular weight is 310 g/mol. The predicted octanol–water partition coefficient (Wildman–Crippen LogP) is 2.23. The Morgan fingerprint density at radius 1 is 1.38 bits per heavy atom. The van der Waals surface area contributed by atoms with Crippen molar-refractivity contribution in [3.8, 4) is 0 Å². The van der Waals surface area contributed by atoms with Crippen molar-refractivity contribution in [1.29, 1.82) is 0 Å². The molecule has 1 unspecified atom stereocenters. The number of hydrogen-bond acceptors (Lipinski definition) is 5. The molecule has 0 saturated heterocycles. The van der Waals surface area contributed by atoms with Crippen LogP contribution in [0.1, 0.15) is 13.8 Å². The topological polar surface area (TPSA) is 58.6 Å². The van der Waals surface area contributed by atoms with Gasteiger partial charge in [-0.15, -0.1) is 11.8 Å². The van der Waals surface area contributed by atoms with E-state index in [9.17, 15) is 9.59 Å². The monoisotopic (exact) mass is 310 g/mol. The molecule has 0 saturated carbocycles. The lowest BCUT2D eigenvalue weighted by Gasteiger charge is -2.23. The lowest BCUT2D eigenvalue weighted by Crippen LogP contribution is -2.42. The number of ether oxygens (including phenoxy) is 1. The summed E-state index contributed by atoms with van der Waals surface area (Å²) in [5, 5.41) is 2.89. The van der Waals surface area contributed by atoms with Crippen LogP contribution in [0.3, 0.4) is 0 Å². The number of rotatable bonds is 7. The largest absolute Gasteiger partial charge is 0.465 e. The SMILES string of the molecule is CCOC(=O)CN(C)C(C)C(=O)Nc1ccccc1SC. The van der Waals surface area contributed by atoms with Crippen molar-refractivity contribution >= 4 is 29.3 Å². The fraction of sp³-hybridized carbons (Fsp3) is 0.467. The molecule has 0 fully saturated rings. The summed E-state index contributed by atoms with van der Waals surface area (Å²) in [6.45, 7) is 3.95. The van der Waals surface area contributed by atoms with Crippen molar-refractivity contribution in [3.63, 3.8) is 0 Å². The third-order valence-electron chi connectivity index (χ3n) is 3.09. The molecule has 5 nitrogen and oxygen atoms in total. The van der Waals surface area contributed by atoms with Gasteiger partial charge in [-0.3, -0.25) is 14.5 Å². The molecule has 0 bridgehead atoms. The van der Waals surface area contributed by atoms with Gasteiger partial charge in [0.2, 0.25) is 5.91 Å². The molecular weight excluding hydrogens is 288 g/mol. The number of nitrogens with one attached hydrogen (secondary N) is 1. The minimum absolute atomic E-state index is 0.0899. The van der Waals surface area contributed by atoms with E-state index in [1.165, 1.54) is 0 Å². The summed E-state index contributed by atoms with van der Waals surface area (Å²) >= 11 is 1.57. The number of hydrogen-bond donors (Lipinski definition) is 1. The maximum Gasteiger partial charge on any atom is 0.320 e. The van der Waals surface area contributed by atoms with Crippen molar-refractivity contribution in [2.75, 3.05) is 31.8 Å². The van der Waals surface area contributed by atoms with E-state index in [-0.39, 0.29) is 18.4 Å². The second-order valence-electron chi connectivity index (χ2n) is 4.59. The fourth-order valence-electron chi connectivity index (χ4n) is 1.73. The Hall–Kier alpha value is -1.53. The van der Waals surface area contributed by atoms with E-state index in [1.807, 2.05) is 30.5 Å². The summed E-state index contributed by atoms with van der Waals surface area (Å²) < 4.78 is 4.88. The van der Waals surface area contributed by atoms with Crippen LogP contribution in [0, 0.1) is 0 Å². The molecule has 0 radical (unpaired) electrons.